The van der Waals surface area contributed by atoms with Crippen molar-refractivity contribution in [3.05, 3.63) is 59.7 Å². The maximum absolute atomic E-state index is 11.8. The van der Waals surface area contributed by atoms with Crippen LogP contribution < -0.4 is 0 Å². The Morgan fingerprint density at radius 1 is 1.08 bits per heavy atom. The summed E-state index contributed by atoms with van der Waals surface area (Å²) < 4.78 is 0. The fourth-order valence-corrected chi connectivity index (χ4v) is 3.01. The summed E-state index contributed by atoms with van der Waals surface area (Å²) in [6.45, 7) is 0. The third kappa shape index (κ3) is 2.28. The number of carboxylic acids is 1. The molecule has 0 amide bonds. The van der Waals surface area contributed by atoms with Crippen LogP contribution in [0.15, 0.2) is 42.7 Å². The van der Waals surface area contributed by atoms with E-state index in [-0.39, 0.29) is 11.6 Å². The van der Waals surface area contributed by atoms with Crippen molar-refractivity contribution in [2.45, 2.75) is 12.8 Å². The number of aromatic amines is 1. The van der Waals surface area contributed by atoms with Gasteiger partial charge in [0.05, 0.1) is 11.4 Å². The second kappa shape index (κ2) is 5.42. The number of rotatable bonds is 3. The summed E-state index contributed by atoms with van der Waals surface area (Å²) >= 11 is 0. The average Bonchev–Trinajstić information content (AvgIpc) is 3.20. The monoisotopic (exact) mass is 319 g/mol. The first-order valence-electron chi connectivity index (χ1n) is 7.53. The van der Waals surface area contributed by atoms with E-state index in [0.717, 1.165) is 22.3 Å². The number of aromatic nitrogens is 3. The molecule has 2 aromatic heterocycles. The molecule has 0 radical (unpaired) electrons. The van der Waals surface area contributed by atoms with E-state index >= 15 is 0 Å². The molecule has 0 bridgehead atoms. The van der Waals surface area contributed by atoms with Crippen LogP contribution in [0.5, 0.6) is 0 Å². The van der Waals surface area contributed by atoms with Gasteiger partial charge in [-0.25, -0.2) is 9.78 Å². The molecule has 2 N–H and O–H groups in total. The molecule has 118 valence electrons. The quantitative estimate of drug-likeness (QED) is 0.773. The molecule has 24 heavy (non-hydrogen) atoms. The van der Waals surface area contributed by atoms with Crippen molar-refractivity contribution in [2.24, 2.45) is 0 Å². The van der Waals surface area contributed by atoms with Crippen LogP contribution in [-0.2, 0) is 6.42 Å². The first-order chi connectivity index (χ1) is 11.6. The number of nitrogens with one attached hydrogen (secondary N) is 1. The summed E-state index contributed by atoms with van der Waals surface area (Å²) in [6.07, 6.45) is 4.52. The van der Waals surface area contributed by atoms with Gasteiger partial charge in [0.1, 0.15) is 0 Å². The maximum atomic E-state index is 11.8. The van der Waals surface area contributed by atoms with Gasteiger partial charge in [0.25, 0.3) is 0 Å². The summed E-state index contributed by atoms with van der Waals surface area (Å²) in [5, 5.41) is 9.26. The minimum Gasteiger partial charge on any atom is -0.475 e. The van der Waals surface area contributed by atoms with Crippen LogP contribution in [0.3, 0.4) is 0 Å². The van der Waals surface area contributed by atoms with E-state index in [2.05, 4.69) is 15.0 Å². The molecule has 1 aliphatic carbocycles. The van der Waals surface area contributed by atoms with Gasteiger partial charge in [-0.1, -0.05) is 12.1 Å². The van der Waals surface area contributed by atoms with Gasteiger partial charge >= 0.3 is 5.97 Å². The SMILES string of the molecule is O=C(O)c1nc(-c2ccc3c(c2)CCC3=O)c(-c2ccncc2)[nH]1. The van der Waals surface area contributed by atoms with Crippen LogP contribution in [0.2, 0.25) is 0 Å². The zero-order valence-electron chi connectivity index (χ0n) is 12.6. The lowest BCUT2D eigenvalue weighted by molar-refractivity contribution is 0.0684. The number of fused-ring (bicyclic) bond motifs is 1. The first-order valence-corrected chi connectivity index (χ1v) is 7.53. The lowest BCUT2D eigenvalue weighted by Crippen LogP contribution is -1.98. The van der Waals surface area contributed by atoms with Crippen LogP contribution in [0, 0.1) is 0 Å². The Morgan fingerprint density at radius 2 is 1.88 bits per heavy atom. The van der Waals surface area contributed by atoms with E-state index < -0.39 is 5.97 Å². The molecular formula is C18H13N3O3. The van der Waals surface area contributed by atoms with E-state index in [1.165, 1.54) is 0 Å². The molecule has 0 aliphatic heterocycles. The molecule has 2 heterocycles. The average molecular weight is 319 g/mol. The number of hydrogen-bond donors (Lipinski definition) is 2. The molecular weight excluding hydrogens is 306 g/mol. The molecule has 0 spiro atoms. The number of Topliss-reactive ketones (excluding diaryl/α,β-unsaturated/α-hetero) is 1. The largest absolute Gasteiger partial charge is 0.475 e. The third-order valence-corrected chi connectivity index (χ3v) is 4.18. The van der Waals surface area contributed by atoms with Gasteiger partial charge in [0, 0.05) is 35.5 Å². The number of carbonyl (C=O) groups excluding carboxylic acids is 1. The summed E-state index contributed by atoms with van der Waals surface area (Å²) in [4.78, 5) is 34.2. The van der Waals surface area contributed by atoms with E-state index in [1.807, 2.05) is 12.1 Å². The number of aromatic carboxylic acids is 1. The van der Waals surface area contributed by atoms with E-state index in [0.29, 0.717) is 24.2 Å². The lowest BCUT2D eigenvalue weighted by Gasteiger charge is -2.05. The molecule has 0 saturated heterocycles. The van der Waals surface area contributed by atoms with Crippen LogP contribution >= 0.6 is 0 Å². The van der Waals surface area contributed by atoms with Crippen molar-refractivity contribution in [3.8, 4) is 22.5 Å². The predicted octanol–water partition coefficient (Wildman–Crippen LogP) is 2.97. The molecule has 0 unspecified atom stereocenters. The Bertz CT molecular complexity index is 961. The fourth-order valence-electron chi connectivity index (χ4n) is 3.01. The van der Waals surface area contributed by atoms with E-state index in [4.69, 9.17) is 0 Å². The molecule has 0 fully saturated rings. The van der Waals surface area contributed by atoms with Gasteiger partial charge in [-0.2, -0.15) is 0 Å². The Kier molecular flexibility index (Phi) is 3.23. The molecule has 0 saturated carbocycles. The normalized spacial score (nSPS) is 13.1. The Morgan fingerprint density at radius 3 is 2.62 bits per heavy atom. The van der Waals surface area contributed by atoms with Gasteiger partial charge in [-0.15, -0.1) is 0 Å². The number of carboxylic acid groups (broad SMARTS) is 1. The maximum Gasteiger partial charge on any atom is 0.371 e. The molecule has 1 aromatic carbocycles. The zero-order chi connectivity index (χ0) is 16.7. The summed E-state index contributed by atoms with van der Waals surface area (Å²) in [6, 6.07) is 9.12. The van der Waals surface area contributed by atoms with Gasteiger partial charge < -0.3 is 10.1 Å². The number of H-pyrrole nitrogens is 1. The summed E-state index contributed by atoms with van der Waals surface area (Å²) in [5.41, 5.74) is 4.51. The Hall–Kier alpha value is -3.28. The van der Waals surface area contributed by atoms with Crippen molar-refractivity contribution < 1.29 is 14.7 Å². The van der Waals surface area contributed by atoms with Gasteiger partial charge in [0.15, 0.2) is 5.78 Å². The highest BCUT2D eigenvalue weighted by atomic mass is 16.4. The Balaban J connectivity index is 1.89. The van der Waals surface area contributed by atoms with E-state index in [9.17, 15) is 14.7 Å². The number of aryl methyl sites for hydroxylation is 1. The highest BCUT2D eigenvalue weighted by molar-refractivity contribution is 6.01. The van der Waals surface area contributed by atoms with Crippen molar-refractivity contribution in [2.75, 3.05) is 0 Å². The van der Waals surface area contributed by atoms with Crippen LogP contribution in [-0.4, -0.2) is 31.8 Å². The van der Waals surface area contributed by atoms with Crippen molar-refractivity contribution >= 4 is 11.8 Å². The van der Waals surface area contributed by atoms with Gasteiger partial charge in [-0.05, 0) is 30.2 Å². The number of nitrogens with zero attached hydrogens (tertiary/aromatic N) is 2. The zero-order valence-corrected chi connectivity index (χ0v) is 12.6. The van der Waals surface area contributed by atoms with Crippen LogP contribution in [0.25, 0.3) is 22.5 Å². The van der Waals surface area contributed by atoms with Crippen molar-refractivity contribution in [1.29, 1.82) is 0 Å². The molecule has 6 heteroatoms. The number of hydrogen-bond acceptors (Lipinski definition) is 4. The predicted molar refractivity (Wildman–Crippen MR) is 86.9 cm³/mol. The topological polar surface area (TPSA) is 95.9 Å². The first kappa shape index (κ1) is 14.3. The lowest BCUT2D eigenvalue weighted by atomic mass is 10.0. The van der Waals surface area contributed by atoms with Gasteiger partial charge in [-0.3, -0.25) is 9.78 Å². The highest BCUT2D eigenvalue weighted by Crippen LogP contribution is 2.33. The number of pyridine rings is 1. The number of carbonyl (C=O) groups is 2. The van der Waals surface area contributed by atoms with Crippen LogP contribution in [0.4, 0.5) is 0 Å². The van der Waals surface area contributed by atoms with Gasteiger partial charge in [0.2, 0.25) is 5.82 Å². The number of ketones is 1. The third-order valence-electron chi connectivity index (χ3n) is 4.18. The smallest absolute Gasteiger partial charge is 0.371 e. The summed E-state index contributed by atoms with van der Waals surface area (Å²) in [7, 11) is 0. The number of benzene rings is 1. The molecule has 4 rings (SSSR count). The Labute approximate surface area is 137 Å². The second-order valence-corrected chi connectivity index (χ2v) is 5.65. The van der Waals surface area contributed by atoms with Crippen molar-refractivity contribution in [3.63, 3.8) is 0 Å². The molecule has 6 nitrogen and oxygen atoms in total. The molecule has 3 aromatic rings. The molecule has 1 aliphatic rings. The minimum absolute atomic E-state index is 0.117. The number of imidazole rings is 1. The van der Waals surface area contributed by atoms with E-state index in [1.54, 1.807) is 30.6 Å². The minimum atomic E-state index is -1.12. The van der Waals surface area contributed by atoms with Crippen molar-refractivity contribution in [1.82, 2.24) is 15.0 Å². The second-order valence-electron chi connectivity index (χ2n) is 5.65. The fraction of sp³-hybridized carbons (Fsp3) is 0.111. The molecule has 0 atom stereocenters. The standard InChI is InChI=1S/C18H13N3O3/c22-14-4-2-11-9-12(1-3-13(11)14)16-15(10-5-7-19-8-6-10)20-17(21-16)18(23)24/h1,3,5-9H,2,4H2,(H,20,21)(H,23,24). The highest BCUT2D eigenvalue weighted by Gasteiger charge is 2.22. The van der Waals surface area contributed by atoms with Crippen LogP contribution in [0.1, 0.15) is 33.0 Å². The summed E-state index contributed by atoms with van der Waals surface area (Å²) in [5.74, 6) is -1.08.